The molecule has 2 aromatic carbocycles. The molecule has 28 heavy (non-hydrogen) atoms. The number of urea groups is 1. The minimum atomic E-state index is -0.655. The van der Waals surface area contributed by atoms with Crippen LogP contribution in [-0.4, -0.2) is 37.0 Å². The van der Waals surface area contributed by atoms with Gasteiger partial charge in [0.2, 0.25) is 0 Å². The van der Waals surface area contributed by atoms with Crippen LogP contribution in [0.1, 0.15) is 17.2 Å². The summed E-state index contributed by atoms with van der Waals surface area (Å²) in [5.41, 5.74) is 2.69. The van der Waals surface area contributed by atoms with Gasteiger partial charge in [0.1, 0.15) is 11.6 Å². The van der Waals surface area contributed by atoms with Crippen molar-refractivity contribution in [2.75, 3.05) is 20.2 Å². The summed E-state index contributed by atoms with van der Waals surface area (Å²) in [6, 6.07) is 12.6. The first-order valence-electron chi connectivity index (χ1n) is 9.03. The van der Waals surface area contributed by atoms with Crippen LogP contribution in [-0.2, 0) is 11.2 Å². The zero-order chi connectivity index (χ0) is 19.7. The molecule has 0 bridgehead atoms. The second-order valence-corrected chi connectivity index (χ2v) is 6.80. The molecule has 0 saturated heterocycles. The van der Waals surface area contributed by atoms with Crippen molar-refractivity contribution in [3.05, 3.63) is 76.7 Å². The fraction of sp³-hybridized carbons (Fsp3) is 0.238. The van der Waals surface area contributed by atoms with Gasteiger partial charge in [-0.3, -0.25) is 4.79 Å². The van der Waals surface area contributed by atoms with Gasteiger partial charge in [0.25, 0.3) is 5.91 Å². The van der Waals surface area contributed by atoms with Gasteiger partial charge in [-0.15, -0.1) is 0 Å². The van der Waals surface area contributed by atoms with Crippen molar-refractivity contribution in [3.8, 4) is 5.75 Å². The number of ether oxygens (including phenoxy) is 1. The molecule has 0 saturated carbocycles. The van der Waals surface area contributed by atoms with Crippen molar-refractivity contribution in [2.45, 2.75) is 12.5 Å². The Kier molecular flexibility index (Phi) is 4.73. The molecule has 2 N–H and O–H groups in total. The first-order valence-corrected chi connectivity index (χ1v) is 9.03. The van der Waals surface area contributed by atoms with Crippen LogP contribution in [0, 0.1) is 5.82 Å². The topological polar surface area (TPSA) is 70.7 Å². The summed E-state index contributed by atoms with van der Waals surface area (Å²) in [6.07, 6.45) is 0.683. The monoisotopic (exact) mass is 381 g/mol. The highest BCUT2D eigenvalue weighted by Gasteiger charge is 2.40. The summed E-state index contributed by atoms with van der Waals surface area (Å²) in [5, 5.41) is 5.46. The van der Waals surface area contributed by atoms with Crippen molar-refractivity contribution in [1.29, 1.82) is 0 Å². The molecule has 0 radical (unpaired) electrons. The van der Waals surface area contributed by atoms with Crippen molar-refractivity contribution < 1.29 is 18.7 Å². The van der Waals surface area contributed by atoms with Gasteiger partial charge in [-0.25, -0.2) is 9.18 Å². The van der Waals surface area contributed by atoms with E-state index < -0.39 is 17.9 Å². The van der Waals surface area contributed by atoms with Gasteiger partial charge >= 0.3 is 6.03 Å². The summed E-state index contributed by atoms with van der Waals surface area (Å²) in [7, 11) is 1.62. The van der Waals surface area contributed by atoms with E-state index in [1.54, 1.807) is 24.1 Å². The number of carbonyl (C=O) groups is 2. The lowest BCUT2D eigenvalue weighted by Gasteiger charge is -2.25. The van der Waals surface area contributed by atoms with E-state index in [9.17, 15) is 14.0 Å². The molecular formula is C21H20FN3O3. The molecule has 0 unspecified atom stereocenters. The first-order chi connectivity index (χ1) is 13.5. The standard InChI is InChI=1S/C21H20FN3O3/c1-28-16-7-5-13(6-8-16)9-10-25-12-17-18(20(25)26)19(24-21(27)23-17)14-3-2-4-15(22)11-14/h2-8,11,19H,9-10,12H2,1H3,(H2,23,24,27)/t19-/m0/s1. The maximum Gasteiger partial charge on any atom is 0.319 e. The van der Waals surface area contributed by atoms with Crippen molar-refractivity contribution in [1.82, 2.24) is 15.5 Å². The van der Waals surface area contributed by atoms with Crippen molar-refractivity contribution in [2.24, 2.45) is 0 Å². The van der Waals surface area contributed by atoms with E-state index in [0.29, 0.717) is 36.3 Å². The molecule has 2 aliphatic rings. The van der Waals surface area contributed by atoms with E-state index in [1.165, 1.54) is 12.1 Å². The second-order valence-electron chi connectivity index (χ2n) is 6.80. The Hall–Kier alpha value is -3.35. The fourth-order valence-electron chi connectivity index (χ4n) is 3.60. The molecule has 1 atom stereocenters. The van der Waals surface area contributed by atoms with Gasteiger partial charge in [-0.2, -0.15) is 0 Å². The third-order valence-corrected chi connectivity index (χ3v) is 5.03. The number of amides is 3. The van der Waals surface area contributed by atoms with E-state index in [1.807, 2.05) is 24.3 Å². The molecular weight excluding hydrogens is 361 g/mol. The molecule has 4 rings (SSSR count). The highest BCUT2D eigenvalue weighted by molar-refractivity contribution is 6.01. The van der Waals surface area contributed by atoms with Gasteiger partial charge in [0.05, 0.1) is 31.0 Å². The average Bonchev–Trinajstić information content (AvgIpc) is 3.01. The molecule has 2 aliphatic heterocycles. The molecule has 0 fully saturated rings. The van der Waals surface area contributed by atoms with Crippen LogP contribution in [0.4, 0.5) is 9.18 Å². The number of halogens is 1. The van der Waals surface area contributed by atoms with Crippen LogP contribution in [0.5, 0.6) is 5.75 Å². The van der Waals surface area contributed by atoms with Crippen LogP contribution in [0.15, 0.2) is 59.8 Å². The maximum absolute atomic E-state index is 13.7. The molecule has 0 spiro atoms. The van der Waals surface area contributed by atoms with Gasteiger partial charge < -0.3 is 20.3 Å². The summed E-state index contributed by atoms with van der Waals surface area (Å²) >= 11 is 0. The molecule has 0 aromatic heterocycles. The SMILES string of the molecule is COc1ccc(CCN2CC3=C(C2=O)[C@H](c2cccc(F)c2)NC(=O)N3)cc1. The Labute approximate surface area is 162 Å². The molecule has 144 valence electrons. The first kappa shape index (κ1) is 18.0. The number of hydrogen-bond acceptors (Lipinski definition) is 3. The minimum absolute atomic E-state index is 0.148. The molecule has 2 aromatic rings. The Morgan fingerprint density at radius 3 is 2.68 bits per heavy atom. The van der Waals surface area contributed by atoms with Crippen LogP contribution in [0.2, 0.25) is 0 Å². The van der Waals surface area contributed by atoms with Crippen LogP contribution in [0.25, 0.3) is 0 Å². The zero-order valence-corrected chi connectivity index (χ0v) is 15.4. The average molecular weight is 381 g/mol. The number of hydrogen-bond donors (Lipinski definition) is 2. The molecule has 7 heteroatoms. The predicted octanol–water partition coefficient (Wildman–Crippen LogP) is 2.53. The van der Waals surface area contributed by atoms with Crippen LogP contribution in [0.3, 0.4) is 0 Å². The summed E-state index contributed by atoms with van der Waals surface area (Å²) in [4.78, 5) is 26.7. The third kappa shape index (κ3) is 3.43. The van der Waals surface area contributed by atoms with E-state index >= 15 is 0 Å². The molecule has 2 heterocycles. The van der Waals surface area contributed by atoms with E-state index in [-0.39, 0.29) is 5.91 Å². The van der Waals surface area contributed by atoms with Gasteiger partial charge in [-0.1, -0.05) is 24.3 Å². The second kappa shape index (κ2) is 7.34. The summed E-state index contributed by atoms with van der Waals surface area (Å²) in [5.74, 6) is 0.226. The van der Waals surface area contributed by atoms with Crippen LogP contribution < -0.4 is 15.4 Å². The van der Waals surface area contributed by atoms with Gasteiger partial charge in [0.15, 0.2) is 0 Å². The number of carbonyl (C=O) groups excluding carboxylic acids is 2. The normalized spacial score (nSPS) is 18.6. The quantitative estimate of drug-likeness (QED) is 0.836. The lowest BCUT2D eigenvalue weighted by molar-refractivity contribution is -0.125. The third-order valence-electron chi connectivity index (χ3n) is 5.03. The lowest BCUT2D eigenvalue weighted by Crippen LogP contribution is -2.44. The van der Waals surface area contributed by atoms with E-state index in [0.717, 1.165) is 11.3 Å². The van der Waals surface area contributed by atoms with E-state index in [2.05, 4.69) is 10.6 Å². The lowest BCUT2D eigenvalue weighted by atomic mass is 9.96. The van der Waals surface area contributed by atoms with Crippen LogP contribution >= 0.6 is 0 Å². The molecule has 3 amide bonds. The Morgan fingerprint density at radius 1 is 1.18 bits per heavy atom. The highest BCUT2D eigenvalue weighted by atomic mass is 19.1. The number of methoxy groups -OCH3 is 1. The minimum Gasteiger partial charge on any atom is -0.497 e. The summed E-state index contributed by atoms with van der Waals surface area (Å²) < 4.78 is 18.8. The molecule has 0 aliphatic carbocycles. The number of benzene rings is 2. The number of nitrogens with one attached hydrogen (secondary N) is 2. The largest absolute Gasteiger partial charge is 0.497 e. The zero-order valence-electron chi connectivity index (χ0n) is 15.4. The Morgan fingerprint density at radius 2 is 1.96 bits per heavy atom. The van der Waals surface area contributed by atoms with Gasteiger partial charge in [0, 0.05) is 6.54 Å². The summed E-state index contributed by atoms with van der Waals surface area (Å²) in [6.45, 7) is 0.855. The smallest absolute Gasteiger partial charge is 0.319 e. The van der Waals surface area contributed by atoms with Gasteiger partial charge in [-0.05, 0) is 41.8 Å². The number of nitrogens with zero attached hydrogens (tertiary/aromatic N) is 1. The Balaban J connectivity index is 1.51. The highest BCUT2D eigenvalue weighted by Crippen LogP contribution is 2.32. The predicted molar refractivity (Wildman–Crippen MR) is 101 cm³/mol. The van der Waals surface area contributed by atoms with Crippen molar-refractivity contribution in [3.63, 3.8) is 0 Å². The fourth-order valence-corrected chi connectivity index (χ4v) is 3.60. The Bertz CT molecular complexity index is 956. The number of rotatable bonds is 5. The maximum atomic E-state index is 13.7. The van der Waals surface area contributed by atoms with E-state index in [4.69, 9.17) is 4.74 Å². The van der Waals surface area contributed by atoms with Crippen molar-refractivity contribution >= 4 is 11.9 Å². The molecule has 6 nitrogen and oxygen atoms in total.